The van der Waals surface area contributed by atoms with Gasteiger partial charge < -0.3 is 10.2 Å². The molecule has 8 nitrogen and oxygen atoms in total. The van der Waals surface area contributed by atoms with E-state index in [0.29, 0.717) is 13.0 Å². The van der Waals surface area contributed by atoms with Gasteiger partial charge in [0.15, 0.2) is 0 Å². The maximum atomic E-state index is 14.8. The van der Waals surface area contributed by atoms with Gasteiger partial charge >= 0.3 is 10.2 Å². The summed E-state index contributed by atoms with van der Waals surface area (Å²) in [5.74, 6) is -2.32. The highest BCUT2D eigenvalue weighted by molar-refractivity contribution is 7.90. The number of hydrogen-bond acceptors (Lipinski definition) is 4. The third-order valence-electron chi connectivity index (χ3n) is 6.25. The Bertz CT molecular complexity index is 1390. The Kier molecular flexibility index (Phi) is 10.7. The summed E-state index contributed by atoms with van der Waals surface area (Å²) in [7, 11) is -1.59. The average Bonchev–Trinajstić information content (AvgIpc) is 2.94. The molecule has 11 heteroatoms. The molecule has 3 aromatic rings. The van der Waals surface area contributed by atoms with Crippen LogP contribution in [0.1, 0.15) is 24.5 Å². The first kappa shape index (κ1) is 30.7. The smallest absolute Gasteiger partial charge is 0.304 e. The fourth-order valence-electron chi connectivity index (χ4n) is 4.05. The van der Waals surface area contributed by atoms with Gasteiger partial charge in [-0.05, 0) is 42.3 Å². The molecule has 214 valence electrons. The van der Waals surface area contributed by atoms with Crippen molar-refractivity contribution in [2.45, 2.75) is 32.4 Å². The van der Waals surface area contributed by atoms with Crippen LogP contribution < -0.4 is 9.62 Å². The predicted molar refractivity (Wildman–Crippen MR) is 151 cm³/mol. The summed E-state index contributed by atoms with van der Waals surface area (Å²) >= 11 is 0. The molecule has 0 aliphatic heterocycles. The SMILES string of the molecule is CCCNC(=O)C(Cc1ccccc1)N(Cc1ccccc1F)C(=O)CN(c1ccc(F)cc1)S(=O)(=O)N(C)C. The number of amides is 2. The zero-order valence-electron chi connectivity index (χ0n) is 22.8. The Morgan fingerprint density at radius 3 is 2.12 bits per heavy atom. The van der Waals surface area contributed by atoms with Gasteiger partial charge in [-0.25, -0.2) is 13.1 Å². The van der Waals surface area contributed by atoms with E-state index in [1.807, 2.05) is 25.1 Å². The monoisotopic (exact) mass is 572 g/mol. The third kappa shape index (κ3) is 7.86. The first-order chi connectivity index (χ1) is 19.0. The van der Waals surface area contributed by atoms with Crippen LogP contribution in [0, 0.1) is 11.6 Å². The van der Waals surface area contributed by atoms with Crippen molar-refractivity contribution < 1.29 is 26.8 Å². The van der Waals surface area contributed by atoms with Gasteiger partial charge in [0.2, 0.25) is 11.8 Å². The lowest BCUT2D eigenvalue weighted by molar-refractivity contribution is -0.140. The van der Waals surface area contributed by atoms with Crippen LogP contribution in [0.3, 0.4) is 0 Å². The summed E-state index contributed by atoms with van der Waals surface area (Å²) in [6.07, 6.45) is 0.776. The predicted octanol–water partition coefficient (Wildman–Crippen LogP) is 3.74. The van der Waals surface area contributed by atoms with Crippen LogP contribution in [0.15, 0.2) is 78.9 Å². The highest BCUT2D eigenvalue weighted by Crippen LogP contribution is 2.22. The molecule has 0 spiro atoms. The van der Waals surface area contributed by atoms with Gasteiger partial charge in [-0.2, -0.15) is 12.7 Å². The minimum absolute atomic E-state index is 0.0596. The number of rotatable bonds is 13. The van der Waals surface area contributed by atoms with Crippen LogP contribution >= 0.6 is 0 Å². The molecule has 0 saturated carbocycles. The number of carbonyl (C=O) groups is 2. The van der Waals surface area contributed by atoms with E-state index in [-0.39, 0.29) is 24.2 Å². The van der Waals surface area contributed by atoms with E-state index in [4.69, 9.17) is 0 Å². The molecule has 3 aromatic carbocycles. The Morgan fingerprint density at radius 2 is 1.52 bits per heavy atom. The van der Waals surface area contributed by atoms with Crippen LogP contribution in [0.2, 0.25) is 0 Å². The van der Waals surface area contributed by atoms with Crippen molar-refractivity contribution >= 4 is 27.7 Å². The molecule has 40 heavy (non-hydrogen) atoms. The minimum atomic E-state index is -4.21. The Hall–Kier alpha value is -3.83. The maximum absolute atomic E-state index is 14.8. The molecule has 0 bridgehead atoms. The molecule has 3 rings (SSSR count). The Labute approximate surface area is 234 Å². The van der Waals surface area contributed by atoms with Crippen molar-refractivity contribution in [2.24, 2.45) is 0 Å². The second-order valence-corrected chi connectivity index (χ2v) is 11.4. The quantitative estimate of drug-likeness (QED) is 0.338. The fraction of sp³-hybridized carbons (Fsp3) is 0.310. The fourth-order valence-corrected chi connectivity index (χ4v) is 5.11. The summed E-state index contributed by atoms with van der Waals surface area (Å²) in [5, 5.41) is 2.82. The molecular weight excluding hydrogens is 538 g/mol. The number of carbonyl (C=O) groups excluding carboxylic acids is 2. The lowest BCUT2D eigenvalue weighted by atomic mass is 10.0. The largest absolute Gasteiger partial charge is 0.354 e. The molecule has 1 N–H and O–H groups in total. The van der Waals surface area contributed by atoms with Crippen molar-refractivity contribution in [1.29, 1.82) is 0 Å². The minimum Gasteiger partial charge on any atom is -0.354 e. The van der Waals surface area contributed by atoms with Crippen molar-refractivity contribution in [2.75, 3.05) is 31.5 Å². The second kappa shape index (κ2) is 14.0. The van der Waals surface area contributed by atoms with Gasteiger partial charge in [-0.15, -0.1) is 0 Å². The van der Waals surface area contributed by atoms with Crippen LogP contribution in [-0.4, -0.2) is 62.7 Å². The maximum Gasteiger partial charge on any atom is 0.304 e. The summed E-state index contributed by atoms with van der Waals surface area (Å²) in [4.78, 5) is 28.7. The van der Waals surface area contributed by atoms with Crippen molar-refractivity contribution in [3.8, 4) is 0 Å². The van der Waals surface area contributed by atoms with E-state index in [2.05, 4.69) is 5.32 Å². The van der Waals surface area contributed by atoms with Gasteiger partial charge in [0.05, 0.1) is 5.69 Å². The number of halogens is 2. The van der Waals surface area contributed by atoms with Crippen molar-refractivity contribution in [3.63, 3.8) is 0 Å². The van der Waals surface area contributed by atoms with E-state index in [0.717, 1.165) is 26.3 Å². The molecule has 0 aromatic heterocycles. The topological polar surface area (TPSA) is 90.0 Å². The molecule has 0 aliphatic carbocycles. The van der Waals surface area contributed by atoms with Crippen LogP contribution in [-0.2, 0) is 32.8 Å². The molecule has 2 amide bonds. The molecule has 0 aliphatic rings. The van der Waals surface area contributed by atoms with E-state index in [1.54, 1.807) is 18.2 Å². The Morgan fingerprint density at radius 1 is 0.900 bits per heavy atom. The van der Waals surface area contributed by atoms with Gasteiger partial charge in [-0.3, -0.25) is 9.59 Å². The first-order valence-electron chi connectivity index (χ1n) is 12.8. The number of anilines is 1. The molecule has 1 unspecified atom stereocenters. The summed E-state index contributed by atoms with van der Waals surface area (Å²) in [5.41, 5.74) is 0.993. The zero-order chi connectivity index (χ0) is 29.3. The highest BCUT2D eigenvalue weighted by Gasteiger charge is 2.35. The van der Waals surface area contributed by atoms with Crippen LogP contribution in [0.4, 0.5) is 14.5 Å². The van der Waals surface area contributed by atoms with Gasteiger partial charge in [-0.1, -0.05) is 55.5 Å². The molecule has 1 atom stereocenters. The molecule has 0 fully saturated rings. The lowest BCUT2D eigenvalue weighted by Crippen LogP contribution is -2.54. The van der Waals surface area contributed by atoms with Crippen molar-refractivity contribution in [1.82, 2.24) is 14.5 Å². The molecular formula is C29H34F2N4O4S. The van der Waals surface area contributed by atoms with Crippen LogP contribution in [0.5, 0.6) is 0 Å². The van der Waals surface area contributed by atoms with E-state index in [9.17, 15) is 26.8 Å². The summed E-state index contributed by atoms with van der Waals surface area (Å²) < 4.78 is 56.7. The number of nitrogens with zero attached hydrogens (tertiary/aromatic N) is 3. The third-order valence-corrected chi connectivity index (χ3v) is 8.07. The first-order valence-corrected chi connectivity index (χ1v) is 14.2. The van der Waals surface area contributed by atoms with E-state index >= 15 is 0 Å². The zero-order valence-corrected chi connectivity index (χ0v) is 23.6. The Balaban J connectivity index is 2.08. The summed E-state index contributed by atoms with van der Waals surface area (Å²) in [6.45, 7) is 1.28. The van der Waals surface area contributed by atoms with Crippen molar-refractivity contribution in [3.05, 3.63) is 102 Å². The second-order valence-electron chi connectivity index (χ2n) is 9.38. The molecule has 0 radical (unpaired) electrons. The standard InChI is InChI=1S/C29H34F2N4O4S/c1-4-18-32-29(37)27(19-22-10-6-5-7-11-22)34(20-23-12-8-9-13-26(23)31)28(36)21-35(40(38,39)33(2)3)25-16-14-24(30)15-17-25/h5-17,27H,4,18-21H2,1-3H3,(H,32,37). The summed E-state index contributed by atoms with van der Waals surface area (Å²) in [6, 6.07) is 18.6. The van der Waals surface area contributed by atoms with Gasteiger partial charge in [0.1, 0.15) is 24.2 Å². The van der Waals surface area contributed by atoms with Crippen LogP contribution in [0.25, 0.3) is 0 Å². The lowest BCUT2D eigenvalue weighted by Gasteiger charge is -2.34. The number of hydrogen-bond donors (Lipinski definition) is 1. The average molecular weight is 573 g/mol. The normalized spacial score (nSPS) is 12.2. The van der Waals surface area contributed by atoms with E-state index < -0.39 is 46.2 Å². The van der Waals surface area contributed by atoms with Gasteiger partial charge in [0, 0.05) is 39.2 Å². The molecule has 0 heterocycles. The van der Waals surface area contributed by atoms with Gasteiger partial charge in [0.25, 0.3) is 0 Å². The number of nitrogens with one attached hydrogen (secondary N) is 1. The number of benzene rings is 3. The highest BCUT2D eigenvalue weighted by atomic mass is 32.2. The molecule has 0 saturated heterocycles. The van der Waals surface area contributed by atoms with E-state index in [1.165, 1.54) is 49.3 Å².